The first-order chi connectivity index (χ1) is 9.05. The molecular formula is C16H33NO2. The van der Waals surface area contributed by atoms with Gasteiger partial charge < -0.3 is 14.8 Å². The van der Waals surface area contributed by atoms with E-state index in [0.29, 0.717) is 30.8 Å². The molecule has 3 heteroatoms. The first-order valence-electron chi connectivity index (χ1n) is 7.89. The van der Waals surface area contributed by atoms with Crippen molar-refractivity contribution in [1.82, 2.24) is 5.32 Å². The highest BCUT2D eigenvalue weighted by atomic mass is 16.5. The Bertz CT molecular complexity index is 243. The van der Waals surface area contributed by atoms with Crippen molar-refractivity contribution in [2.75, 3.05) is 26.9 Å². The highest BCUT2D eigenvalue weighted by Gasteiger charge is 2.37. The van der Waals surface area contributed by atoms with Gasteiger partial charge >= 0.3 is 0 Å². The Hall–Kier alpha value is -0.120. The predicted molar refractivity (Wildman–Crippen MR) is 80.5 cm³/mol. The van der Waals surface area contributed by atoms with Crippen LogP contribution in [0.3, 0.4) is 0 Å². The molecule has 19 heavy (non-hydrogen) atoms. The van der Waals surface area contributed by atoms with Crippen molar-refractivity contribution in [1.29, 1.82) is 0 Å². The van der Waals surface area contributed by atoms with Crippen LogP contribution in [0, 0.1) is 11.3 Å². The first kappa shape index (κ1) is 16.9. The van der Waals surface area contributed by atoms with E-state index in [-0.39, 0.29) is 0 Å². The second-order valence-corrected chi connectivity index (χ2v) is 6.42. The summed E-state index contributed by atoms with van der Waals surface area (Å²) < 4.78 is 11.2. The van der Waals surface area contributed by atoms with Crippen molar-refractivity contribution in [3.63, 3.8) is 0 Å². The van der Waals surface area contributed by atoms with Crippen LogP contribution in [0.15, 0.2) is 0 Å². The van der Waals surface area contributed by atoms with Gasteiger partial charge in [-0.1, -0.05) is 34.1 Å². The zero-order chi connectivity index (χ0) is 14.3. The Morgan fingerprint density at radius 2 is 1.89 bits per heavy atom. The lowest BCUT2D eigenvalue weighted by atomic mass is 9.68. The SMILES string of the molecule is CCNC1CCC(C(C)(C)CC)CC1OCCOC. The summed E-state index contributed by atoms with van der Waals surface area (Å²) in [6.07, 6.45) is 5.33. The molecule has 0 bridgehead atoms. The van der Waals surface area contributed by atoms with Gasteiger partial charge in [-0.05, 0) is 37.1 Å². The van der Waals surface area contributed by atoms with Gasteiger partial charge in [0.15, 0.2) is 0 Å². The molecule has 0 aliphatic heterocycles. The molecular weight excluding hydrogens is 238 g/mol. The lowest BCUT2D eigenvalue weighted by molar-refractivity contribution is -0.0455. The van der Waals surface area contributed by atoms with E-state index in [1.807, 2.05) is 0 Å². The summed E-state index contributed by atoms with van der Waals surface area (Å²) in [6, 6.07) is 0.519. The average Bonchev–Trinajstić information content (AvgIpc) is 2.41. The average molecular weight is 271 g/mol. The third-order valence-corrected chi connectivity index (χ3v) is 4.89. The first-order valence-corrected chi connectivity index (χ1v) is 7.89. The van der Waals surface area contributed by atoms with Gasteiger partial charge in [0.1, 0.15) is 0 Å². The normalized spacial score (nSPS) is 28.6. The second-order valence-electron chi connectivity index (χ2n) is 6.42. The Balaban J connectivity index is 2.57. The van der Waals surface area contributed by atoms with Crippen molar-refractivity contribution in [2.24, 2.45) is 11.3 Å². The fourth-order valence-electron chi connectivity index (χ4n) is 3.09. The zero-order valence-electron chi connectivity index (χ0n) is 13.5. The highest BCUT2D eigenvalue weighted by Crippen LogP contribution is 2.41. The van der Waals surface area contributed by atoms with E-state index in [4.69, 9.17) is 9.47 Å². The molecule has 0 radical (unpaired) electrons. The second kappa shape index (κ2) is 8.23. The van der Waals surface area contributed by atoms with Crippen LogP contribution in [0.5, 0.6) is 0 Å². The van der Waals surface area contributed by atoms with Crippen LogP contribution in [0.25, 0.3) is 0 Å². The van der Waals surface area contributed by atoms with Gasteiger partial charge in [0.2, 0.25) is 0 Å². The fourth-order valence-corrected chi connectivity index (χ4v) is 3.09. The maximum Gasteiger partial charge on any atom is 0.0732 e. The van der Waals surface area contributed by atoms with Gasteiger partial charge in [-0.15, -0.1) is 0 Å². The van der Waals surface area contributed by atoms with Crippen molar-refractivity contribution < 1.29 is 9.47 Å². The third kappa shape index (κ3) is 5.05. The van der Waals surface area contributed by atoms with Crippen LogP contribution in [0.1, 0.15) is 53.4 Å². The molecule has 1 N–H and O–H groups in total. The van der Waals surface area contributed by atoms with Crippen LogP contribution in [0.4, 0.5) is 0 Å². The maximum atomic E-state index is 6.07. The van der Waals surface area contributed by atoms with Crippen LogP contribution >= 0.6 is 0 Å². The molecule has 0 spiro atoms. The van der Waals surface area contributed by atoms with Crippen LogP contribution in [0.2, 0.25) is 0 Å². The monoisotopic (exact) mass is 271 g/mol. The number of nitrogens with one attached hydrogen (secondary N) is 1. The van der Waals surface area contributed by atoms with Gasteiger partial charge in [-0.3, -0.25) is 0 Å². The Kier molecular flexibility index (Phi) is 7.33. The molecule has 0 aromatic carbocycles. The number of hydrogen-bond acceptors (Lipinski definition) is 3. The molecule has 1 aliphatic carbocycles. The standard InChI is InChI=1S/C16H33NO2/c1-6-16(3,4)13-8-9-14(17-7-2)15(12-13)19-11-10-18-5/h13-15,17H,6-12H2,1-5H3. The minimum Gasteiger partial charge on any atom is -0.382 e. The van der Waals surface area contributed by atoms with E-state index in [2.05, 4.69) is 33.0 Å². The molecule has 3 unspecified atom stereocenters. The van der Waals surface area contributed by atoms with E-state index < -0.39 is 0 Å². The fraction of sp³-hybridized carbons (Fsp3) is 1.00. The summed E-state index contributed by atoms with van der Waals surface area (Å²) in [5.74, 6) is 0.778. The Morgan fingerprint density at radius 3 is 2.47 bits per heavy atom. The van der Waals surface area contributed by atoms with E-state index in [9.17, 15) is 0 Å². The molecule has 3 atom stereocenters. The van der Waals surface area contributed by atoms with Crippen LogP contribution in [-0.4, -0.2) is 39.0 Å². The summed E-state index contributed by atoms with van der Waals surface area (Å²) in [5.41, 5.74) is 0.431. The van der Waals surface area contributed by atoms with Crippen molar-refractivity contribution in [2.45, 2.75) is 65.5 Å². The number of likely N-dealkylation sites (N-methyl/N-ethyl adjacent to an activating group) is 1. The van der Waals surface area contributed by atoms with Crippen molar-refractivity contribution >= 4 is 0 Å². The summed E-state index contributed by atoms with van der Waals surface area (Å²) in [5, 5.41) is 3.59. The van der Waals surface area contributed by atoms with Gasteiger partial charge in [0.25, 0.3) is 0 Å². The number of ether oxygens (including phenoxy) is 2. The molecule has 1 fully saturated rings. The molecule has 0 aromatic heterocycles. The summed E-state index contributed by atoms with van der Waals surface area (Å²) in [4.78, 5) is 0. The molecule has 114 valence electrons. The van der Waals surface area contributed by atoms with Crippen molar-refractivity contribution in [3.8, 4) is 0 Å². The van der Waals surface area contributed by atoms with Crippen LogP contribution < -0.4 is 5.32 Å². The predicted octanol–water partition coefficient (Wildman–Crippen LogP) is 3.23. The third-order valence-electron chi connectivity index (χ3n) is 4.89. The topological polar surface area (TPSA) is 30.5 Å². The Morgan fingerprint density at radius 1 is 1.16 bits per heavy atom. The van der Waals surface area contributed by atoms with E-state index >= 15 is 0 Å². The molecule has 1 rings (SSSR count). The summed E-state index contributed by atoms with van der Waals surface area (Å²) >= 11 is 0. The van der Waals surface area contributed by atoms with Gasteiger partial charge in [-0.2, -0.15) is 0 Å². The molecule has 3 nitrogen and oxygen atoms in total. The summed E-state index contributed by atoms with van der Waals surface area (Å²) in [6.45, 7) is 11.7. The lowest BCUT2D eigenvalue weighted by Crippen LogP contribution is -2.48. The largest absolute Gasteiger partial charge is 0.382 e. The molecule has 0 aromatic rings. The lowest BCUT2D eigenvalue weighted by Gasteiger charge is -2.43. The molecule has 1 saturated carbocycles. The van der Waals surface area contributed by atoms with Gasteiger partial charge in [0, 0.05) is 13.2 Å². The summed E-state index contributed by atoms with van der Waals surface area (Å²) in [7, 11) is 1.73. The smallest absolute Gasteiger partial charge is 0.0732 e. The minimum absolute atomic E-state index is 0.347. The van der Waals surface area contributed by atoms with E-state index in [1.54, 1.807) is 7.11 Å². The molecule has 0 saturated heterocycles. The zero-order valence-corrected chi connectivity index (χ0v) is 13.5. The van der Waals surface area contributed by atoms with E-state index in [0.717, 1.165) is 12.5 Å². The minimum atomic E-state index is 0.347. The molecule has 0 heterocycles. The van der Waals surface area contributed by atoms with Crippen LogP contribution in [-0.2, 0) is 9.47 Å². The van der Waals surface area contributed by atoms with Crippen molar-refractivity contribution in [3.05, 3.63) is 0 Å². The maximum absolute atomic E-state index is 6.07. The van der Waals surface area contributed by atoms with E-state index in [1.165, 1.54) is 25.7 Å². The highest BCUT2D eigenvalue weighted by molar-refractivity contribution is 4.90. The quantitative estimate of drug-likeness (QED) is 0.688. The molecule has 0 amide bonds. The Labute approximate surface area is 119 Å². The number of rotatable bonds is 8. The number of methoxy groups -OCH3 is 1. The van der Waals surface area contributed by atoms with Gasteiger partial charge in [-0.25, -0.2) is 0 Å². The molecule has 1 aliphatic rings. The number of hydrogen-bond donors (Lipinski definition) is 1. The van der Waals surface area contributed by atoms with Gasteiger partial charge in [0.05, 0.1) is 19.3 Å².